The molecule has 3 nitrogen and oxygen atoms in total. The highest BCUT2D eigenvalue weighted by Gasteiger charge is 2.06. The van der Waals surface area contributed by atoms with Gasteiger partial charge in [-0.05, 0) is 29.8 Å². The monoisotopic (exact) mass is 294 g/mol. The first-order valence-corrected chi connectivity index (χ1v) is 7.50. The molecule has 0 aliphatic carbocycles. The minimum absolute atomic E-state index is 0.593. The second-order valence-corrected chi connectivity index (χ2v) is 5.16. The molecule has 0 bridgehead atoms. The topological polar surface area (TPSA) is 39.0 Å². The van der Waals surface area contributed by atoms with Crippen LogP contribution >= 0.6 is 0 Å². The van der Waals surface area contributed by atoms with Crippen LogP contribution in [0.3, 0.4) is 0 Å². The third-order valence-corrected chi connectivity index (χ3v) is 3.50. The molecule has 0 atom stereocenters. The fraction of sp³-hybridized carbons (Fsp3) is 0.158. The zero-order chi connectivity index (χ0) is 15.0. The summed E-state index contributed by atoms with van der Waals surface area (Å²) < 4.78 is 11.3. The van der Waals surface area contributed by atoms with E-state index in [4.69, 9.17) is 9.15 Å². The third-order valence-electron chi connectivity index (χ3n) is 3.50. The summed E-state index contributed by atoms with van der Waals surface area (Å²) >= 11 is 0. The molecule has 0 aliphatic heterocycles. The van der Waals surface area contributed by atoms with Gasteiger partial charge in [0.1, 0.15) is 25.4 Å². The number of nitrogens with two attached hydrogens (primary N) is 1. The quantitative estimate of drug-likeness (QED) is 0.727. The molecule has 0 fully saturated rings. The first-order valence-electron chi connectivity index (χ1n) is 7.50. The summed E-state index contributed by atoms with van der Waals surface area (Å²) in [5.74, 6) is 1.93. The summed E-state index contributed by atoms with van der Waals surface area (Å²) in [4.78, 5) is 0. The van der Waals surface area contributed by atoms with Gasteiger partial charge in [0.05, 0.1) is 6.26 Å². The zero-order valence-electron chi connectivity index (χ0n) is 12.4. The van der Waals surface area contributed by atoms with E-state index in [1.54, 1.807) is 6.26 Å². The minimum Gasteiger partial charge on any atom is -0.488 e. The number of para-hydroxylation sites is 1. The van der Waals surface area contributed by atoms with E-state index in [1.165, 1.54) is 11.1 Å². The van der Waals surface area contributed by atoms with Crippen molar-refractivity contribution in [2.75, 3.05) is 0 Å². The smallest absolute Gasteiger partial charge is 0.157 e. The molecule has 0 saturated carbocycles. The van der Waals surface area contributed by atoms with Crippen LogP contribution in [0.2, 0.25) is 0 Å². The lowest BCUT2D eigenvalue weighted by Gasteiger charge is -2.10. The van der Waals surface area contributed by atoms with Crippen molar-refractivity contribution in [3.05, 3.63) is 89.9 Å². The van der Waals surface area contributed by atoms with Gasteiger partial charge in [0.2, 0.25) is 0 Å². The Labute approximate surface area is 130 Å². The molecule has 0 radical (unpaired) electrons. The first kappa shape index (κ1) is 14.4. The Morgan fingerprint density at radius 2 is 1.64 bits per heavy atom. The van der Waals surface area contributed by atoms with E-state index >= 15 is 0 Å². The number of quaternary nitrogens is 1. The molecule has 3 aromatic rings. The third kappa shape index (κ3) is 3.99. The number of ether oxygens (including phenoxy) is 1. The van der Waals surface area contributed by atoms with Crippen LogP contribution in [0.1, 0.15) is 16.9 Å². The Hall–Kier alpha value is -2.52. The summed E-state index contributed by atoms with van der Waals surface area (Å²) in [6, 6.07) is 22.3. The van der Waals surface area contributed by atoms with Crippen molar-refractivity contribution >= 4 is 0 Å². The van der Waals surface area contributed by atoms with Gasteiger partial charge >= 0.3 is 0 Å². The second kappa shape index (κ2) is 7.48. The predicted octanol–water partition coefficient (Wildman–Crippen LogP) is 3.12. The Bertz CT molecular complexity index is 678. The summed E-state index contributed by atoms with van der Waals surface area (Å²) in [5.41, 5.74) is 2.38. The van der Waals surface area contributed by atoms with Crippen LogP contribution < -0.4 is 10.1 Å². The van der Waals surface area contributed by atoms with Crippen molar-refractivity contribution < 1.29 is 14.5 Å². The fourth-order valence-electron chi connectivity index (χ4n) is 2.35. The predicted molar refractivity (Wildman–Crippen MR) is 85.3 cm³/mol. The van der Waals surface area contributed by atoms with Gasteiger partial charge in [-0.3, -0.25) is 0 Å². The first-order chi connectivity index (χ1) is 10.9. The van der Waals surface area contributed by atoms with Gasteiger partial charge in [0.25, 0.3) is 0 Å². The molecule has 112 valence electrons. The molecule has 0 unspecified atom stereocenters. The van der Waals surface area contributed by atoms with Crippen LogP contribution in [-0.2, 0) is 19.7 Å². The Kier molecular flexibility index (Phi) is 4.90. The molecule has 3 heteroatoms. The summed E-state index contributed by atoms with van der Waals surface area (Å²) in [5, 5.41) is 2.21. The van der Waals surface area contributed by atoms with Gasteiger partial charge in [-0.1, -0.05) is 42.5 Å². The minimum atomic E-state index is 0.593. The van der Waals surface area contributed by atoms with E-state index in [9.17, 15) is 0 Å². The Balaban J connectivity index is 1.57. The molecular formula is C19H20NO2+. The molecule has 2 aromatic carbocycles. The van der Waals surface area contributed by atoms with Crippen LogP contribution in [-0.4, -0.2) is 0 Å². The van der Waals surface area contributed by atoms with Gasteiger partial charge < -0.3 is 14.5 Å². The Morgan fingerprint density at radius 3 is 2.45 bits per heavy atom. The fourth-order valence-corrected chi connectivity index (χ4v) is 2.35. The molecule has 3 rings (SSSR count). The van der Waals surface area contributed by atoms with E-state index < -0.39 is 0 Å². The highest BCUT2D eigenvalue weighted by Crippen LogP contribution is 2.18. The van der Waals surface area contributed by atoms with E-state index in [0.29, 0.717) is 6.61 Å². The van der Waals surface area contributed by atoms with Gasteiger partial charge in [0.15, 0.2) is 5.76 Å². The van der Waals surface area contributed by atoms with Gasteiger partial charge in [-0.25, -0.2) is 0 Å². The maximum atomic E-state index is 5.97. The van der Waals surface area contributed by atoms with Gasteiger partial charge in [-0.2, -0.15) is 0 Å². The molecule has 2 N–H and O–H groups in total. The van der Waals surface area contributed by atoms with Gasteiger partial charge in [-0.15, -0.1) is 0 Å². The summed E-state index contributed by atoms with van der Waals surface area (Å²) in [6.45, 7) is 2.29. The highest BCUT2D eigenvalue weighted by atomic mass is 16.5. The largest absolute Gasteiger partial charge is 0.488 e. The molecule has 22 heavy (non-hydrogen) atoms. The average Bonchev–Trinajstić information content (AvgIpc) is 3.08. The molecule has 0 amide bonds. The molecule has 1 aromatic heterocycles. The van der Waals surface area contributed by atoms with Crippen molar-refractivity contribution in [1.82, 2.24) is 0 Å². The lowest BCUT2D eigenvalue weighted by Crippen LogP contribution is -2.80. The van der Waals surface area contributed by atoms with Crippen molar-refractivity contribution in [3.63, 3.8) is 0 Å². The molecule has 0 spiro atoms. The number of rotatable bonds is 7. The number of furan rings is 1. The number of hydrogen-bond acceptors (Lipinski definition) is 2. The SMILES string of the molecule is c1ccc(COc2ccccc2C[NH2+]Cc2ccco2)cc1. The van der Waals surface area contributed by atoms with E-state index in [2.05, 4.69) is 23.5 Å². The van der Waals surface area contributed by atoms with E-state index in [-0.39, 0.29) is 0 Å². The summed E-state index contributed by atoms with van der Waals surface area (Å²) in [7, 11) is 0. The van der Waals surface area contributed by atoms with Crippen LogP contribution in [0.4, 0.5) is 0 Å². The summed E-state index contributed by atoms with van der Waals surface area (Å²) in [6.07, 6.45) is 1.71. The molecule has 0 saturated heterocycles. The van der Waals surface area contributed by atoms with Crippen molar-refractivity contribution in [2.24, 2.45) is 0 Å². The van der Waals surface area contributed by atoms with Crippen molar-refractivity contribution in [3.8, 4) is 5.75 Å². The number of hydrogen-bond donors (Lipinski definition) is 1. The maximum Gasteiger partial charge on any atom is 0.157 e. The lowest BCUT2D eigenvalue weighted by molar-refractivity contribution is -0.688. The molecular weight excluding hydrogens is 274 g/mol. The van der Waals surface area contributed by atoms with E-state index in [1.807, 2.05) is 48.5 Å². The van der Waals surface area contributed by atoms with Crippen LogP contribution in [0.25, 0.3) is 0 Å². The molecule has 1 heterocycles. The van der Waals surface area contributed by atoms with Crippen molar-refractivity contribution in [2.45, 2.75) is 19.7 Å². The van der Waals surface area contributed by atoms with Crippen LogP contribution in [0, 0.1) is 0 Å². The van der Waals surface area contributed by atoms with Gasteiger partial charge in [0, 0.05) is 5.56 Å². The second-order valence-electron chi connectivity index (χ2n) is 5.16. The molecule has 0 aliphatic rings. The van der Waals surface area contributed by atoms with Crippen LogP contribution in [0.5, 0.6) is 5.75 Å². The van der Waals surface area contributed by atoms with E-state index in [0.717, 1.165) is 24.6 Å². The van der Waals surface area contributed by atoms with Crippen LogP contribution in [0.15, 0.2) is 77.4 Å². The maximum absolute atomic E-state index is 5.97. The standard InChI is InChI=1S/C19H19NO2/c1-2-7-16(8-3-1)15-22-19-11-5-4-9-17(19)13-20-14-18-10-6-12-21-18/h1-12,20H,13-15H2/p+1. The lowest BCUT2D eigenvalue weighted by atomic mass is 10.2. The average molecular weight is 294 g/mol. The number of benzene rings is 2. The Morgan fingerprint density at radius 1 is 0.818 bits per heavy atom. The normalized spacial score (nSPS) is 10.5. The zero-order valence-corrected chi connectivity index (χ0v) is 12.4. The van der Waals surface area contributed by atoms with Crippen molar-refractivity contribution in [1.29, 1.82) is 0 Å². The highest BCUT2D eigenvalue weighted by molar-refractivity contribution is 5.32.